The number of unbranched alkanes of at least 4 members (excludes halogenated alkanes) is 10. The number of nitrogens with one attached hydrogen (secondary N) is 1. The molecule has 0 aromatic carbocycles. The van der Waals surface area contributed by atoms with Crippen LogP contribution in [0.1, 0.15) is 130 Å². The van der Waals surface area contributed by atoms with Crippen molar-refractivity contribution >= 4 is 18.3 Å². The van der Waals surface area contributed by atoms with Crippen LogP contribution in [0.15, 0.2) is 0 Å². The fraction of sp³-hybridized carbons (Fsp3) is 0.893. The second-order valence-electron chi connectivity index (χ2n) is 10.5. The maximum absolute atomic E-state index is 12.8. The number of esters is 2. The van der Waals surface area contributed by atoms with Crippen LogP contribution in [0.4, 0.5) is 0 Å². The van der Waals surface area contributed by atoms with E-state index in [9.17, 15) is 14.4 Å². The Balaban J connectivity index is 2.61. The van der Waals surface area contributed by atoms with Crippen molar-refractivity contribution < 1.29 is 23.9 Å². The van der Waals surface area contributed by atoms with Gasteiger partial charge in [-0.25, -0.2) is 4.79 Å². The quantitative estimate of drug-likeness (QED) is 0.109. The molecule has 0 aromatic rings. The lowest BCUT2D eigenvalue weighted by molar-refractivity contribution is -0.190. The summed E-state index contributed by atoms with van der Waals surface area (Å²) in [6.07, 6.45) is 17.1. The van der Waals surface area contributed by atoms with Crippen LogP contribution in [0, 0.1) is 11.8 Å². The summed E-state index contributed by atoms with van der Waals surface area (Å²) in [4.78, 5) is 35.9. The largest absolute Gasteiger partial charge is 0.461 e. The lowest BCUT2D eigenvalue weighted by atomic mass is 9.86. The van der Waals surface area contributed by atoms with Gasteiger partial charge >= 0.3 is 11.9 Å². The Kier molecular flexibility index (Phi) is 16.7. The lowest BCUT2D eigenvalue weighted by Gasteiger charge is -2.37. The molecule has 6 heteroatoms. The molecule has 1 heterocycles. The van der Waals surface area contributed by atoms with Crippen molar-refractivity contribution in [2.75, 3.05) is 0 Å². The van der Waals surface area contributed by atoms with Gasteiger partial charge in [0, 0.05) is 6.42 Å². The molecule has 2 unspecified atom stereocenters. The highest BCUT2D eigenvalue weighted by Gasteiger charge is 2.43. The third-order valence-corrected chi connectivity index (χ3v) is 6.81. The molecule has 0 saturated carbocycles. The van der Waals surface area contributed by atoms with Crippen LogP contribution in [0.2, 0.25) is 0 Å². The molecule has 4 atom stereocenters. The van der Waals surface area contributed by atoms with Gasteiger partial charge in [0.1, 0.15) is 18.2 Å². The molecular weight excluding hydrogens is 430 g/mol. The van der Waals surface area contributed by atoms with Crippen LogP contribution in [-0.4, -0.2) is 36.6 Å². The molecule has 6 nitrogen and oxygen atoms in total. The molecule has 0 spiro atoms. The van der Waals surface area contributed by atoms with Gasteiger partial charge in [0.25, 0.3) is 0 Å². The number of carbonyl (C=O) groups is 3. The van der Waals surface area contributed by atoms with E-state index in [1.807, 2.05) is 13.8 Å². The highest BCUT2D eigenvalue weighted by molar-refractivity contribution is 5.79. The van der Waals surface area contributed by atoms with E-state index in [0.29, 0.717) is 19.3 Å². The Labute approximate surface area is 208 Å². The van der Waals surface area contributed by atoms with Gasteiger partial charge in [-0.1, -0.05) is 98.3 Å². The minimum Gasteiger partial charge on any atom is -0.461 e. The zero-order valence-corrected chi connectivity index (χ0v) is 22.3. The Morgan fingerprint density at radius 2 is 1.56 bits per heavy atom. The molecule has 1 amide bonds. The summed E-state index contributed by atoms with van der Waals surface area (Å²) in [5, 5.41) is 2.62. The Morgan fingerprint density at radius 1 is 0.971 bits per heavy atom. The summed E-state index contributed by atoms with van der Waals surface area (Å²) in [6, 6.07) is -0.632. The van der Waals surface area contributed by atoms with E-state index in [0.717, 1.165) is 38.5 Å². The van der Waals surface area contributed by atoms with E-state index in [1.165, 1.54) is 51.4 Å². The molecule has 34 heavy (non-hydrogen) atoms. The summed E-state index contributed by atoms with van der Waals surface area (Å²) in [7, 11) is 0. The van der Waals surface area contributed by atoms with E-state index in [-0.39, 0.29) is 36.0 Å². The van der Waals surface area contributed by atoms with E-state index < -0.39 is 6.04 Å². The topological polar surface area (TPSA) is 81.7 Å². The first-order valence-electron chi connectivity index (χ1n) is 14.0. The van der Waals surface area contributed by atoms with Gasteiger partial charge in [-0.2, -0.15) is 0 Å². The normalized spacial score (nSPS) is 19.3. The molecule has 198 valence electrons. The molecule has 1 rings (SSSR count). The van der Waals surface area contributed by atoms with Gasteiger partial charge in [0.05, 0.1) is 5.92 Å². The highest BCUT2D eigenvalue weighted by Crippen LogP contribution is 2.32. The van der Waals surface area contributed by atoms with Crippen molar-refractivity contribution in [1.82, 2.24) is 5.32 Å². The van der Waals surface area contributed by atoms with Crippen molar-refractivity contribution in [3.8, 4) is 0 Å². The van der Waals surface area contributed by atoms with E-state index >= 15 is 0 Å². The van der Waals surface area contributed by atoms with Gasteiger partial charge in [-0.15, -0.1) is 0 Å². The number of hydrogen-bond donors (Lipinski definition) is 1. The number of hydrogen-bond acceptors (Lipinski definition) is 5. The molecule has 1 aliphatic rings. The smallest absolute Gasteiger partial charge is 0.328 e. The molecule has 0 radical (unpaired) electrons. The monoisotopic (exact) mass is 481 g/mol. The van der Waals surface area contributed by atoms with Crippen LogP contribution < -0.4 is 5.32 Å². The molecular formula is C28H51NO5. The average molecular weight is 482 g/mol. The number of cyclic esters (lactones) is 1. The van der Waals surface area contributed by atoms with Crippen LogP contribution in [0.5, 0.6) is 0 Å². The van der Waals surface area contributed by atoms with Crippen molar-refractivity contribution in [2.45, 2.75) is 149 Å². The summed E-state index contributed by atoms with van der Waals surface area (Å²) in [5.74, 6) is -0.304. The van der Waals surface area contributed by atoms with Gasteiger partial charge in [0.15, 0.2) is 0 Å². The van der Waals surface area contributed by atoms with Crippen LogP contribution in [0.3, 0.4) is 0 Å². The van der Waals surface area contributed by atoms with Gasteiger partial charge in [-0.3, -0.25) is 9.59 Å². The Hall–Kier alpha value is -1.59. The van der Waals surface area contributed by atoms with Gasteiger partial charge in [-0.05, 0) is 31.6 Å². The highest BCUT2D eigenvalue weighted by atomic mass is 16.6. The maximum atomic E-state index is 12.8. The Morgan fingerprint density at radius 3 is 2.12 bits per heavy atom. The number of amides is 1. The summed E-state index contributed by atoms with van der Waals surface area (Å²) in [5.41, 5.74) is 0. The minimum atomic E-state index is -0.632. The van der Waals surface area contributed by atoms with Gasteiger partial charge in [0.2, 0.25) is 6.41 Å². The van der Waals surface area contributed by atoms with Crippen LogP contribution >= 0.6 is 0 Å². The fourth-order valence-corrected chi connectivity index (χ4v) is 4.73. The molecule has 1 aliphatic heterocycles. The standard InChI is InChI=1S/C28H51NO5/c1-5-7-9-11-12-13-14-15-17-23(33-28(32)25(29-21-30)19-22(3)4)20-26-24(27(31)34-26)18-16-10-8-6-2/h21-26H,5-20H2,1-4H3,(H,29,30)/t23-,24-,25?,26?/m0/s1. The maximum Gasteiger partial charge on any atom is 0.328 e. The van der Waals surface area contributed by atoms with Crippen molar-refractivity contribution in [2.24, 2.45) is 11.8 Å². The predicted molar refractivity (Wildman–Crippen MR) is 136 cm³/mol. The summed E-state index contributed by atoms with van der Waals surface area (Å²) >= 11 is 0. The van der Waals surface area contributed by atoms with Gasteiger partial charge < -0.3 is 14.8 Å². The summed E-state index contributed by atoms with van der Waals surface area (Å²) in [6.45, 7) is 8.44. The third-order valence-electron chi connectivity index (χ3n) is 6.81. The van der Waals surface area contributed by atoms with Crippen molar-refractivity contribution in [3.05, 3.63) is 0 Å². The SMILES string of the molecule is CCCCCCCCCC[C@@H](CC1OC(=O)[C@H]1CCCCCC)OC(=O)C(CC(C)C)NC=O. The fourth-order valence-electron chi connectivity index (χ4n) is 4.73. The minimum absolute atomic E-state index is 0.0730. The van der Waals surface area contributed by atoms with Crippen molar-refractivity contribution in [1.29, 1.82) is 0 Å². The molecule has 0 aliphatic carbocycles. The molecule has 0 aromatic heterocycles. The second-order valence-corrected chi connectivity index (χ2v) is 10.5. The first-order chi connectivity index (χ1) is 16.4. The first kappa shape index (κ1) is 30.4. The lowest BCUT2D eigenvalue weighted by Crippen LogP contribution is -2.48. The number of rotatable bonds is 22. The zero-order valence-electron chi connectivity index (χ0n) is 22.3. The Bertz CT molecular complexity index is 565. The number of carbonyl (C=O) groups excluding carboxylic acids is 3. The van der Waals surface area contributed by atoms with Crippen molar-refractivity contribution in [3.63, 3.8) is 0 Å². The van der Waals surface area contributed by atoms with E-state index in [4.69, 9.17) is 9.47 Å². The third kappa shape index (κ3) is 12.8. The average Bonchev–Trinajstić information content (AvgIpc) is 2.79. The van der Waals surface area contributed by atoms with E-state index in [2.05, 4.69) is 19.2 Å². The van der Waals surface area contributed by atoms with Crippen LogP contribution in [-0.2, 0) is 23.9 Å². The first-order valence-corrected chi connectivity index (χ1v) is 14.0. The molecule has 1 N–H and O–H groups in total. The molecule has 0 bridgehead atoms. The zero-order chi connectivity index (χ0) is 25.2. The molecule has 1 fully saturated rings. The van der Waals surface area contributed by atoms with E-state index in [1.54, 1.807) is 0 Å². The number of ether oxygens (including phenoxy) is 2. The molecule has 1 saturated heterocycles. The predicted octanol–water partition coefficient (Wildman–Crippen LogP) is 6.49. The second kappa shape index (κ2) is 18.7. The summed E-state index contributed by atoms with van der Waals surface area (Å²) < 4.78 is 11.4. The van der Waals surface area contributed by atoms with Crippen LogP contribution in [0.25, 0.3) is 0 Å².